The van der Waals surface area contributed by atoms with Crippen LogP contribution in [0, 0.1) is 12.8 Å². The van der Waals surface area contributed by atoms with Crippen molar-refractivity contribution in [3.8, 4) is 0 Å². The van der Waals surface area contributed by atoms with Gasteiger partial charge in [-0.3, -0.25) is 9.89 Å². The van der Waals surface area contributed by atoms with Gasteiger partial charge in [0.05, 0.1) is 12.1 Å². The van der Waals surface area contributed by atoms with Crippen LogP contribution in [0.2, 0.25) is 0 Å². The topological polar surface area (TPSA) is 107 Å². The number of aliphatic carboxylic acids is 1. The van der Waals surface area contributed by atoms with Crippen LogP contribution in [0.3, 0.4) is 0 Å². The molecule has 4 N–H and O–H groups in total. The second-order valence-corrected chi connectivity index (χ2v) is 4.41. The van der Waals surface area contributed by atoms with Crippen LogP contribution in [0.25, 0.3) is 0 Å². The third kappa shape index (κ3) is 4.99. The molecule has 0 saturated heterocycles. The monoisotopic (exact) mass is 268 g/mol. The molecular weight excluding hydrogens is 248 g/mol. The Balaban J connectivity index is 2.31. The van der Waals surface area contributed by atoms with Gasteiger partial charge in [0, 0.05) is 24.3 Å². The van der Waals surface area contributed by atoms with E-state index in [1.54, 1.807) is 6.20 Å². The van der Waals surface area contributed by atoms with Crippen molar-refractivity contribution in [3.05, 3.63) is 17.5 Å². The summed E-state index contributed by atoms with van der Waals surface area (Å²) >= 11 is 0. The van der Waals surface area contributed by atoms with Crippen LogP contribution in [-0.2, 0) is 11.3 Å². The van der Waals surface area contributed by atoms with E-state index in [-0.39, 0.29) is 12.6 Å². The maximum Gasteiger partial charge on any atom is 0.315 e. The highest BCUT2D eigenvalue weighted by Gasteiger charge is 2.17. The maximum absolute atomic E-state index is 11.5. The summed E-state index contributed by atoms with van der Waals surface area (Å²) in [7, 11) is 0. The molecule has 1 unspecified atom stereocenters. The van der Waals surface area contributed by atoms with Crippen LogP contribution < -0.4 is 10.6 Å². The number of aromatic amines is 1. The summed E-state index contributed by atoms with van der Waals surface area (Å²) in [6, 6.07) is -0.372. The molecule has 0 aliphatic carbocycles. The van der Waals surface area contributed by atoms with Crippen molar-refractivity contribution in [1.29, 1.82) is 0 Å². The normalized spacial score (nSPS) is 11.9. The zero-order valence-corrected chi connectivity index (χ0v) is 11.2. The quantitative estimate of drug-likeness (QED) is 0.592. The first-order valence-electron chi connectivity index (χ1n) is 6.28. The Morgan fingerprint density at radius 1 is 1.47 bits per heavy atom. The average molecular weight is 268 g/mol. The van der Waals surface area contributed by atoms with Crippen molar-refractivity contribution in [1.82, 2.24) is 20.8 Å². The van der Waals surface area contributed by atoms with Crippen LogP contribution in [0.15, 0.2) is 6.20 Å². The fourth-order valence-electron chi connectivity index (χ4n) is 1.67. The molecule has 0 saturated carbocycles. The first-order chi connectivity index (χ1) is 9.04. The van der Waals surface area contributed by atoms with Gasteiger partial charge < -0.3 is 15.7 Å². The number of carbonyl (C=O) groups is 2. The van der Waals surface area contributed by atoms with Crippen molar-refractivity contribution in [3.63, 3.8) is 0 Å². The number of nitrogens with zero attached hydrogens (tertiary/aromatic N) is 1. The largest absolute Gasteiger partial charge is 0.481 e. The summed E-state index contributed by atoms with van der Waals surface area (Å²) in [5.74, 6) is -1.42. The van der Waals surface area contributed by atoms with E-state index >= 15 is 0 Å². The van der Waals surface area contributed by atoms with Crippen molar-refractivity contribution >= 4 is 12.0 Å². The number of carbonyl (C=O) groups excluding carboxylic acids is 1. The van der Waals surface area contributed by atoms with E-state index in [0.717, 1.165) is 17.7 Å². The summed E-state index contributed by atoms with van der Waals surface area (Å²) in [5.41, 5.74) is 1.80. The minimum atomic E-state index is -0.882. The molecule has 106 valence electrons. The lowest BCUT2D eigenvalue weighted by Crippen LogP contribution is -2.39. The zero-order chi connectivity index (χ0) is 14.3. The maximum atomic E-state index is 11.5. The summed E-state index contributed by atoms with van der Waals surface area (Å²) in [4.78, 5) is 22.4. The highest BCUT2D eigenvalue weighted by Crippen LogP contribution is 2.05. The zero-order valence-electron chi connectivity index (χ0n) is 11.2. The highest BCUT2D eigenvalue weighted by atomic mass is 16.4. The van der Waals surface area contributed by atoms with Crippen LogP contribution in [0.4, 0.5) is 4.79 Å². The lowest BCUT2D eigenvalue weighted by Gasteiger charge is -2.12. The fourth-order valence-corrected chi connectivity index (χ4v) is 1.67. The summed E-state index contributed by atoms with van der Waals surface area (Å²) < 4.78 is 0. The SMILES string of the molecule is CCCC(CNC(=O)NCc1cn[nH]c1C)C(=O)O. The van der Waals surface area contributed by atoms with Gasteiger partial charge in [0.25, 0.3) is 0 Å². The Morgan fingerprint density at radius 2 is 2.21 bits per heavy atom. The lowest BCUT2D eigenvalue weighted by molar-refractivity contribution is -0.141. The number of aryl methyl sites for hydroxylation is 1. The molecule has 0 radical (unpaired) electrons. The van der Waals surface area contributed by atoms with Gasteiger partial charge in [-0.2, -0.15) is 5.10 Å². The standard InChI is InChI=1S/C12H20N4O3/c1-3-4-9(11(17)18)5-13-12(19)14-6-10-7-15-16-8(10)2/h7,9H,3-6H2,1-2H3,(H,15,16)(H,17,18)(H2,13,14,19). The third-order valence-corrected chi connectivity index (χ3v) is 2.87. The van der Waals surface area contributed by atoms with Gasteiger partial charge in [-0.15, -0.1) is 0 Å². The molecule has 1 aromatic heterocycles. The number of urea groups is 1. The van der Waals surface area contributed by atoms with Gasteiger partial charge in [-0.1, -0.05) is 13.3 Å². The number of hydrogen-bond donors (Lipinski definition) is 4. The Kier molecular flexibility index (Phi) is 5.84. The van der Waals surface area contributed by atoms with Crippen LogP contribution in [-0.4, -0.2) is 33.8 Å². The van der Waals surface area contributed by atoms with Gasteiger partial charge in [-0.05, 0) is 13.3 Å². The highest BCUT2D eigenvalue weighted by molar-refractivity contribution is 5.75. The van der Waals surface area contributed by atoms with Crippen LogP contribution in [0.1, 0.15) is 31.0 Å². The van der Waals surface area contributed by atoms with E-state index < -0.39 is 11.9 Å². The van der Waals surface area contributed by atoms with Crippen molar-refractivity contribution in [2.24, 2.45) is 5.92 Å². The molecule has 1 aromatic rings. The first-order valence-corrected chi connectivity index (χ1v) is 6.28. The van der Waals surface area contributed by atoms with E-state index in [1.165, 1.54) is 0 Å². The second-order valence-electron chi connectivity index (χ2n) is 4.41. The predicted octanol–water partition coefficient (Wildman–Crippen LogP) is 1.02. The van der Waals surface area contributed by atoms with E-state index in [0.29, 0.717) is 13.0 Å². The minimum absolute atomic E-state index is 0.138. The third-order valence-electron chi connectivity index (χ3n) is 2.87. The van der Waals surface area contributed by atoms with Gasteiger partial charge >= 0.3 is 12.0 Å². The first kappa shape index (κ1) is 15.0. The Hall–Kier alpha value is -2.05. The number of amides is 2. The fraction of sp³-hybridized carbons (Fsp3) is 0.583. The number of rotatable bonds is 7. The Bertz CT molecular complexity index is 430. The van der Waals surface area contributed by atoms with E-state index in [1.807, 2.05) is 13.8 Å². The number of nitrogens with one attached hydrogen (secondary N) is 3. The van der Waals surface area contributed by atoms with Crippen LogP contribution >= 0.6 is 0 Å². The molecule has 7 heteroatoms. The Morgan fingerprint density at radius 3 is 2.74 bits per heavy atom. The number of H-pyrrole nitrogens is 1. The number of hydrogen-bond acceptors (Lipinski definition) is 3. The van der Waals surface area contributed by atoms with E-state index in [2.05, 4.69) is 20.8 Å². The molecule has 0 aromatic carbocycles. The summed E-state index contributed by atoms with van der Waals surface area (Å²) in [6.45, 7) is 4.28. The molecule has 1 atom stereocenters. The molecule has 0 aliphatic rings. The second kappa shape index (κ2) is 7.40. The van der Waals surface area contributed by atoms with Gasteiger partial charge in [-0.25, -0.2) is 4.79 Å². The average Bonchev–Trinajstić information content (AvgIpc) is 2.77. The smallest absolute Gasteiger partial charge is 0.315 e. The summed E-state index contributed by atoms with van der Waals surface area (Å²) in [5, 5.41) is 20.8. The van der Waals surface area contributed by atoms with E-state index in [9.17, 15) is 9.59 Å². The molecule has 0 aliphatic heterocycles. The predicted molar refractivity (Wildman–Crippen MR) is 69.6 cm³/mol. The Labute approximate surface area is 111 Å². The molecule has 1 rings (SSSR count). The molecular formula is C12H20N4O3. The molecule has 0 bridgehead atoms. The summed E-state index contributed by atoms with van der Waals surface area (Å²) in [6.07, 6.45) is 2.97. The van der Waals surface area contributed by atoms with Crippen molar-refractivity contribution < 1.29 is 14.7 Å². The molecule has 2 amide bonds. The molecule has 7 nitrogen and oxygen atoms in total. The number of aromatic nitrogens is 2. The van der Waals surface area contributed by atoms with Crippen molar-refractivity contribution in [2.75, 3.05) is 6.54 Å². The minimum Gasteiger partial charge on any atom is -0.481 e. The number of carboxylic acid groups (broad SMARTS) is 1. The molecule has 1 heterocycles. The molecule has 0 fully saturated rings. The van der Waals surface area contributed by atoms with Crippen LogP contribution in [0.5, 0.6) is 0 Å². The van der Waals surface area contributed by atoms with Crippen molar-refractivity contribution in [2.45, 2.75) is 33.2 Å². The lowest BCUT2D eigenvalue weighted by atomic mass is 10.0. The van der Waals surface area contributed by atoms with Gasteiger partial charge in [0.2, 0.25) is 0 Å². The molecule has 19 heavy (non-hydrogen) atoms. The van der Waals surface area contributed by atoms with Gasteiger partial charge in [0.15, 0.2) is 0 Å². The molecule has 0 spiro atoms. The van der Waals surface area contributed by atoms with Gasteiger partial charge in [0.1, 0.15) is 0 Å². The van der Waals surface area contributed by atoms with E-state index in [4.69, 9.17) is 5.11 Å². The number of carboxylic acids is 1.